The first kappa shape index (κ1) is 84.7. The SMILES string of the molecule is CCCC(=O)N[C@H](CC(=O)O)C(=O)N[C@H](CCCNC(=N)N)C(=O)N[C@H](CC(=O)O)C(=O)N[C@H](CSSC(C)(C)CN(CCOCCOCCOC)c1cc(COc2cc3c(cc2OC)C(=O)N2c4ccccc4C[C@H]2CN3)cc(COc2cc3c(cc2OC)C(=O)N2c4ccccc4C[C@H]2C(S(=O)(=O)O)N3)c1)C(=O)O. The van der Waals surface area contributed by atoms with Crippen molar-refractivity contribution in [2.75, 3.05) is 112 Å². The summed E-state index contributed by atoms with van der Waals surface area (Å²) in [5, 5.41) is 54.2. The number of aliphatic carboxylic acids is 3. The molecule has 5 aromatic carbocycles. The molecule has 600 valence electrons. The van der Waals surface area contributed by atoms with E-state index in [9.17, 15) is 71.4 Å². The van der Waals surface area contributed by atoms with Gasteiger partial charge in [-0.05, 0) is 111 Å². The number of carboxylic acid groups (broad SMARTS) is 3. The van der Waals surface area contributed by atoms with Crippen molar-refractivity contribution in [2.45, 2.75) is 132 Å². The van der Waals surface area contributed by atoms with E-state index in [1.807, 2.05) is 61.2 Å². The van der Waals surface area contributed by atoms with Gasteiger partial charge in [0.15, 0.2) is 34.3 Å². The van der Waals surface area contributed by atoms with Gasteiger partial charge in [-0.1, -0.05) is 64.9 Å². The Bertz CT molecular complexity index is 4370. The van der Waals surface area contributed by atoms with Crippen molar-refractivity contribution in [2.24, 2.45) is 5.73 Å². The zero-order chi connectivity index (χ0) is 80.3. The number of hydrogen-bond acceptors (Lipinski definition) is 24. The van der Waals surface area contributed by atoms with Crippen LogP contribution in [0.3, 0.4) is 0 Å². The molecule has 4 aliphatic heterocycles. The Hall–Kier alpha value is -10.3. The van der Waals surface area contributed by atoms with Gasteiger partial charge in [-0.25, -0.2) is 4.79 Å². The molecule has 0 fully saturated rings. The Morgan fingerprint density at radius 1 is 0.694 bits per heavy atom. The van der Waals surface area contributed by atoms with E-state index in [0.717, 1.165) is 22.0 Å². The molecule has 14 N–H and O–H groups in total. The van der Waals surface area contributed by atoms with Gasteiger partial charge in [0.2, 0.25) is 23.6 Å². The number of carbonyl (C=O) groups excluding carboxylic acids is 6. The van der Waals surface area contributed by atoms with Crippen LogP contribution in [-0.4, -0.2) is 220 Å². The molecule has 0 saturated carbocycles. The number of fused-ring (bicyclic) bond motifs is 8. The van der Waals surface area contributed by atoms with E-state index in [1.54, 1.807) is 55.3 Å². The normalized spacial score (nSPS) is 16.4. The molecule has 37 heteroatoms. The molecule has 6 amide bonds. The predicted octanol–water partition coefficient (Wildman–Crippen LogP) is 4.75. The van der Waals surface area contributed by atoms with Crippen LogP contribution in [0.5, 0.6) is 23.0 Å². The summed E-state index contributed by atoms with van der Waals surface area (Å²) < 4.78 is 78.4. The summed E-state index contributed by atoms with van der Waals surface area (Å²) in [7, 11) is 1.86. The van der Waals surface area contributed by atoms with Crippen molar-refractivity contribution in [3.8, 4) is 23.0 Å². The fourth-order valence-corrected chi connectivity index (χ4v) is 16.8. The maximum atomic E-state index is 14.6. The number of carboxylic acids is 3. The second-order valence-corrected chi connectivity index (χ2v) is 31.8. The topological polar surface area (TPSA) is 477 Å². The minimum absolute atomic E-state index is 0.00110. The molecule has 34 nitrogen and oxygen atoms in total. The van der Waals surface area contributed by atoms with Crippen molar-refractivity contribution in [3.05, 3.63) is 124 Å². The van der Waals surface area contributed by atoms with Crippen molar-refractivity contribution in [1.29, 1.82) is 5.41 Å². The Morgan fingerprint density at radius 2 is 1.23 bits per heavy atom. The number of hydrogen-bond donors (Lipinski definition) is 13. The number of nitrogens with one attached hydrogen (secondary N) is 8. The number of nitrogens with zero attached hydrogens (tertiary/aromatic N) is 3. The molecule has 0 aromatic heterocycles. The molecule has 1 unspecified atom stereocenters. The first-order valence-electron chi connectivity index (χ1n) is 35.8. The lowest BCUT2D eigenvalue weighted by atomic mass is 10.1. The van der Waals surface area contributed by atoms with Gasteiger partial charge < -0.3 is 106 Å². The van der Waals surface area contributed by atoms with Gasteiger partial charge in [0.1, 0.15) is 37.4 Å². The Morgan fingerprint density at radius 3 is 1.82 bits per heavy atom. The van der Waals surface area contributed by atoms with Gasteiger partial charge in [-0.2, -0.15) is 8.42 Å². The van der Waals surface area contributed by atoms with E-state index in [1.165, 1.54) is 42.0 Å². The monoisotopic (exact) mass is 1600 g/mol. The van der Waals surface area contributed by atoms with Crippen molar-refractivity contribution >= 4 is 119 Å². The number of benzene rings is 5. The van der Waals surface area contributed by atoms with E-state index in [0.29, 0.717) is 77.7 Å². The van der Waals surface area contributed by atoms with Gasteiger partial charge >= 0.3 is 17.9 Å². The van der Waals surface area contributed by atoms with E-state index >= 15 is 0 Å². The lowest BCUT2D eigenvalue weighted by Crippen LogP contribution is -2.58. The molecule has 4 heterocycles. The minimum Gasteiger partial charge on any atom is -0.493 e. The van der Waals surface area contributed by atoms with Crippen molar-refractivity contribution < 1.29 is 105 Å². The second-order valence-electron chi connectivity index (χ2n) is 27.2. The number of ether oxygens (including phenoxy) is 7. The molecule has 5 aromatic rings. The number of methoxy groups -OCH3 is 3. The average Bonchev–Trinajstić information content (AvgIpc) is 1.59. The lowest BCUT2D eigenvalue weighted by molar-refractivity contribution is -0.143. The minimum atomic E-state index is -4.86. The fourth-order valence-electron chi connectivity index (χ4n) is 13.3. The summed E-state index contributed by atoms with van der Waals surface area (Å²) >= 11 is 0. The predicted molar refractivity (Wildman–Crippen MR) is 414 cm³/mol. The van der Waals surface area contributed by atoms with Gasteiger partial charge in [0.05, 0.1) is 94.7 Å². The molecule has 9 rings (SSSR count). The highest BCUT2D eigenvalue weighted by Gasteiger charge is 2.48. The van der Waals surface area contributed by atoms with Crippen LogP contribution in [0, 0.1) is 5.41 Å². The fraction of sp³-hybridized carbons (Fsp3) is 0.459. The van der Waals surface area contributed by atoms with Crippen LogP contribution < -0.4 is 76.6 Å². The molecule has 0 aliphatic carbocycles. The van der Waals surface area contributed by atoms with Crippen LogP contribution in [0.1, 0.15) is 102 Å². The van der Waals surface area contributed by atoms with E-state index < -0.39 is 117 Å². The van der Waals surface area contributed by atoms with Gasteiger partial charge in [-0.3, -0.25) is 48.3 Å². The summed E-state index contributed by atoms with van der Waals surface area (Å²) in [6.07, 6.45) is -1.06. The first-order valence-corrected chi connectivity index (χ1v) is 39.6. The van der Waals surface area contributed by atoms with Crippen LogP contribution >= 0.6 is 21.6 Å². The molecule has 0 spiro atoms. The standard InChI is InChI=1S/C74H94N12O22S3/c1-7-13-63(87)79-53(35-64(88)89)67(93)80-50(16-12-19-77-73(75)76)66(92)81-54(36-65(90)91)68(94)82-55(72(97)98)40-109-110-74(2,3)41-84(20-21-105-24-25-106-23-22-102-4)46-27-42(38-107-61-33-51-48(31-59(61)103-5)70(95)85-47(37-78-51)29-44-14-8-10-17-56(44)85)26-43(28-46)39-108-62-34-52-49(32-60(62)104-6)71(96)86-57-18-11-9-15-45(57)30-58(86)69(83-52)111(99,100)101/h8-11,14-15,17-18,26-28,31-34,47,50,53-55,58,69,78,83H,7,12-13,16,19-25,29-30,35-41H2,1-6H3,(H,79,87)(H,80,93)(H,81,92)(H,82,94)(H,88,89)(H,90,91)(H,97,98)(H4,75,76,77)(H,99,100,101)/t47-,50+,53+,54+,55+,58-,69?/m0/s1. The maximum Gasteiger partial charge on any atom is 0.327 e. The molecule has 0 radical (unpaired) electrons. The van der Waals surface area contributed by atoms with E-state index in [2.05, 4.69) is 37.2 Å². The number of para-hydroxylation sites is 2. The zero-order valence-electron chi connectivity index (χ0n) is 62.1. The molecule has 0 saturated heterocycles. The number of amides is 6. The number of anilines is 5. The average molecular weight is 1600 g/mol. The van der Waals surface area contributed by atoms with Gasteiger partial charge in [0.25, 0.3) is 21.9 Å². The van der Waals surface area contributed by atoms with Crippen LogP contribution in [0.15, 0.2) is 91.0 Å². The summed E-state index contributed by atoms with van der Waals surface area (Å²) in [6, 6.07) is 18.6. The van der Waals surface area contributed by atoms with Crippen molar-refractivity contribution in [1.82, 2.24) is 26.6 Å². The molecular weight excluding hydrogens is 1510 g/mol. The van der Waals surface area contributed by atoms with Crippen LogP contribution in [0.2, 0.25) is 0 Å². The smallest absolute Gasteiger partial charge is 0.327 e. The quantitative estimate of drug-likeness (QED) is 0.00823. The molecule has 4 aliphatic rings. The van der Waals surface area contributed by atoms with Gasteiger partial charge in [-0.15, -0.1) is 0 Å². The molecular formula is C74H94N12O22S3. The number of rotatable bonds is 43. The van der Waals surface area contributed by atoms with Gasteiger partial charge in [0, 0.05) is 79.4 Å². The first-order chi connectivity index (χ1) is 53.0. The highest BCUT2D eigenvalue weighted by Crippen LogP contribution is 2.45. The second kappa shape index (κ2) is 39.0. The Kier molecular flexibility index (Phi) is 29.8. The third kappa shape index (κ3) is 22.7. The van der Waals surface area contributed by atoms with Crippen LogP contribution in [0.25, 0.3) is 0 Å². The third-order valence-electron chi connectivity index (χ3n) is 18.4. The Labute approximate surface area is 649 Å². The summed E-state index contributed by atoms with van der Waals surface area (Å²) in [4.78, 5) is 126. The number of nitrogens with two attached hydrogens (primary N) is 1. The largest absolute Gasteiger partial charge is 0.493 e. The Balaban J connectivity index is 0.987. The highest BCUT2D eigenvalue weighted by atomic mass is 33.1. The highest BCUT2D eigenvalue weighted by molar-refractivity contribution is 8.77. The summed E-state index contributed by atoms with van der Waals surface area (Å²) in [5.74, 6) is -9.35. The molecule has 0 bridgehead atoms. The molecule has 7 atom stereocenters. The van der Waals surface area contributed by atoms with Crippen LogP contribution in [0.4, 0.5) is 28.4 Å². The third-order valence-corrected chi connectivity index (χ3v) is 22.8. The molecule has 111 heavy (non-hydrogen) atoms. The maximum absolute atomic E-state index is 14.6. The van der Waals surface area contributed by atoms with E-state index in [-0.39, 0.29) is 125 Å². The summed E-state index contributed by atoms with van der Waals surface area (Å²) in [6.45, 7) is 7.38. The zero-order valence-corrected chi connectivity index (χ0v) is 64.6. The van der Waals surface area contributed by atoms with Crippen molar-refractivity contribution in [3.63, 3.8) is 0 Å². The summed E-state index contributed by atoms with van der Waals surface area (Å²) in [5.41, 5.74) is 11.3. The van der Waals surface area contributed by atoms with E-state index in [4.69, 9.17) is 44.3 Å². The lowest BCUT2D eigenvalue weighted by Gasteiger charge is -2.34. The number of guanidine groups is 1. The number of carbonyl (C=O) groups is 9. The van der Waals surface area contributed by atoms with Crippen LogP contribution in [-0.2, 0) is 83.9 Å².